The fraction of sp³-hybridized carbons (Fsp3) is 0.444. The average molecular weight is 292 g/mol. The van der Waals surface area contributed by atoms with Crippen LogP contribution in [-0.2, 0) is 0 Å². The summed E-state index contributed by atoms with van der Waals surface area (Å²) in [5.74, 6) is 0.605. The van der Waals surface area contributed by atoms with Gasteiger partial charge in [0.25, 0.3) is 5.56 Å². The van der Waals surface area contributed by atoms with Crippen LogP contribution in [-0.4, -0.2) is 9.97 Å². The fourth-order valence-corrected chi connectivity index (χ4v) is 1.11. The molecule has 0 bridgehead atoms. The van der Waals surface area contributed by atoms with Crippen LogP contribution in [0.2, 0.25) is 0 Å². The van der Waals surface area contributed by atoms with Crippen LogP contribution in [0.25, 0.3) is 11.4 Å². The second-order valence-electron chi connectivity index (χ2n) is 2.65. The van der Waals surface area contributed by atoms with E-state index in [9.17, 15) is 4.79 Å². The molecule has 120 valence electrons. The van der Waals surface area contributed by atoms with E-state index in [1.54, 1.807) is 0 Å². The summed E-state index contributed by atoms with van der Waals surface area (Å²) in [5.41, 5.74) is 0.786. The van der Waals surface area contributed by atoms with Crippen molar-refractivity contribution in [3.05, 3.63) is 52.9 Å². The summed E-state index contributed by atoms with van der Waals surface area (Å²) >= 11 is 0. The summed E-state index contributed by atoms with van der Waals surface area (Å²) in [7, 11) is 0. The average Bonchev–Trinajstić information content (AvgIpc) is 2.63. The standard InChI is InChI=1S/C10H8N2O.4C2H6/c13-9-6-7-11-10(12-9)8-4-2-1-3-5-8;4*1-2/h1-7H,(H,11,12,13);4*1-2H3. The largest absolute Gasteiger partial charge is 0.307 e. The lowest BCUT2D eigenvalue weighted by molar-refractivity contribution is 1.13. The lowest BCUT2D eigenvalue weighted by atomic mass is 10.2. The van der Waals surface area contributed by atoms with Crippen molar-refractivity contribution in [3.63, 3.8) is 0 Å². The molecule has 1 heterocycles. The monoisotopic (exact) mass is 292 g/mol. The molecule has 0 aliphatic carbocycles. The Balaban J connectivity index is -0.000000353. The van der Waals surface area contributed by atoms with Crippen LogP contribution in [0.1, 0.15) is 55.4 Å². The number of hydrogen-bond acceptors (Lipinski definition) is 2. The normalized spacial score (nSPS) is 7.24. The third kappa shape index (κ3) is 11.6. The van der Waals surface area contributed by atoms with Gasteiger partial charge in [-0.15, -0.1) is 0 Å². The summed E-state index contributed by atoms with van der Waals surface area (Å²) in [6.45, 7) is 16.0. The zero-order chi connectivity index (χ0) is 17.1. The van der Waals surface area contributed by atoms with E-state index >= 15 is 0 Å². The van der Waals surface area contributed by atoms with E-state index in [2.05, 4.69) is 9.97 Å². The van der Waals surface area contributed by atoms with Crippen molar-refractivity contribution in [2.24, 2.45) is 0 Å². The maximum Gasteiger partial charge on any atom is 0.251 e. The van der Waals surface area contributed by atoms with E-state index in [1.807, 2.05) is 85.7 Å². The minimum atomic E-state index is -0.131. The predicted octanol–water partition coefficient (Wildman–Crippen LogP) is 5.54. The maximum absolute atomic E-state index is 11.0. The van der Waals surface area contributed by atoms with Crippen molar-refractivity contribution in [1.29, 1.82) is 0 Å². The molecule has 0 unspecified atom stereocenters. The lowest BCUT2D eigenvalue weighted by Crippen LogP contribution is -2.05. The smallest absolute Gasteiger partial charge is 0.251 e. The van der Waals surface area contributed by atoms with Gasteiger partial charge in [-0.3, -0.25) is 4.79 Å². The number of aromatic nitrogens is 2. The lowest BCUT2D eigenvalue weighted by Gasteiger charge is -1.97. The van der Waals surface area contributed by atoms with Crippen molar-refractivity contribution in [2.45, 2.75) is 55.4 Å². The summed E-state index contributed by atoms with van der Waals surface area (Å²) in [6, 6.07) is 10.9. The third-order valence-electron chi connectivity index (χ3n) is 1.72. The van der Waals surface area contributed by atoms with Gasteiger partial charge in [0, 0.05) is 17.8 Å². The Hall–Kier alpha value is -1.90. The highest BCUT2D eigenvalue weighted by atomic mass is 16.1. The molecule has 21 heavy (non-hydrogen) atoms. The van der Waals surface area contributed by atoms with Gasteiger partial charge in [-0.25, -0.2) is 4.98 Å². The minimum absolute atomic E-state index is 0.131. The second kappa shape index (κ2) is 20.4. The van der Waals surface area contributed by atoms with Gasteiger partial charge in [-0.05, 0) is 0 Å². The SMILES string of the molecule is CC.CC.CC.CC.O=c1ccnc(-c2ccccc2)[nH]1. The van der Waals surface area contributed by atoms with Crippen LogP contribution in [0.5, 0.6) is 0 Å². The van der Waals surface area contributed by atoms with Gasteiger partial charge in [0.15, 0.2) is 0 Å². The van der Waals surface area contributed by atoms with Crippen LogP contribution in [0, 0.1) is 0 Å². The van der Waals surface area contributed by atoms with E-state index in [-0.39, 0.29) is 5.56 Å². The molecule has 0 saturated carbocycles. The van der Waals surface area contributed by atoms with Crippen molar-refractivity contribution < 1.29 is 0 Å². The van der Waals surface area contributed by atoms with E-state index in [0.717, 1.165) is 5.56 Å². The molecule has 0 fully saturated rings. The number of nitrogens with zero attached hydrogens (tertiary/aromatic N) is 1. The van der Waals surface area contributed by atoms with Crippen LogP contribution < -0.4 is 5.56 Å². The highest BCUT2D eigenvalue weighted by Gasteiger charge is 1.96. The first kappa shape index (κ1) is 24.1. The first-order valence-corrected chi connectivity index (χ1v) is 7.97. The molecule has 2 rings (SSSR count). The van der Waals surface area contributed by atoms with E-state index in [4.69, 9.17) is 0 Å². The Morgan fingerprint density at radius 2 is 1.24 bits per heavy atom. The first-order valence-electron chi connectivity index (χ1n) is 7.97. The molecule has 3 nitrogen and oxygen atoms in total. The third-order valence-corrected chi connectivity index (χ3v) is 1.72. The van der Waals surface area contributed by atoms with Gasteiger partial charge in [0.2, 0.25) is 0 Å². The van der Waals surface area contributed by atoms with Gasteiger partial charge in [0.05, 0.1) is 0 Å². The van der Waals surface area contributed by atoms with Crippen molar-refractivity contribution in [1.82, 2.24) is 9.97 Å². The van der Waals surface area contributed by atoms with Crippen LogP contribution >= 0.6 is 0 Å². The molecule has 3 heteroatoms. The van der Waals surface area contributed by atoms with Crippen LogP contribution in [0.4, 0.5) is 0 Å². The van der Waals surface area contributed by atoms with Crippen LogP contribution in [0.15, 0.2) is 47.4 Å². The van der Waals surface area contributed by atoms with Crippen LogP contribution in [0.3, 0.4) is 0 Å². The molecular weight excluding hydrogens is 260 g/mol. The molecule has 0 atom stereocenters. The van der Waals surface area contributed by atoms with Crippen molar-refractivity contribution >= 4 is 0 Å². The van der Waals surface area contributed by atoms with Gasteiger partial charge in [0.1, 0.15) is 5.82 Å². The zero-order valence-electron chi connectivity index (χ0n) is 14.9. The summed E-state index contributed by atoms with van der Waals surface area (Å²) < 4.78 is 0. The van der Waals surface area contributed by atoms with Crippen molar-refractivity contribution in [2.75, 3.05) is 0 Å². The topological polar surface area (TPSA) is 45.8 Å². The second-order valence-corrected chi connectivity index (χ2v) is 2.65. The Morgan fingerprint density at radius 3 is 1.67 bits per heavy atom. The quantitative estimate of drug-likeness (QED) is 0.749. The molecule has 0 aliphatic rings. The molecule has 1 N–H and O–H groups in total. The van der Waals surface area contributed by atoms with Gasteiger partial charge < -0.3 is 4.98 Å². The maximum atomic E-state index is 11.0. The Morgan fingerprint density at radius 1 is 0.762 bits per heavy atom. The van der Waals surface area contributed by atoms with Crippen molar-refractivity contribution in [3.8, 4) is 11.4 Å². The number of rotatable bonds is 1. The Bertz CT molecular complexity index is 450. The number of nitrogens with one attached hydrogen (secondary N) is 1. The summed E-state index contributed by atoms with van der Waals surface area (Å²) in [4.78, 5) is 17.7. The summed E-state index contributed by atoms with van der Waals surface area (Å²) in [5, 5.41) is 0. The minimum Gasteiger partial charge on any atom is -0.307 e. The molecule has 1 aromatic carbocycles. The van der Waals surface area contributed by atoms with E-state index < -0.39 is 0 Å². The van der Waals surface area contributed by atoms with Gasteiger partial charge in [-0.2, -0.15) is 0 Å². The van der Waals surface area contributed by atoms with E-state index in [0.29, 0.717) is 5.82 Å². The molecule has 0 aliphatic heterocycles. The Kier molecular flexibility index (Phi) is 23.5. The predicted molar refractivity (Wildman–Crippen MR) is 95.7 cm³/mol. The number of benzene rings is 1. The Labute approximate surface area is 130 Å². The molecule has 1 aromatic heterocycles. The summed E-state index contributed by atoms with van der Waals surface area (Å²) in [6.07, 6.45) is 1.50. The highest BCUT2D eigenvalue weighted by Crippen LogP contribution is 2.10. The zero-order valence-corrected chi connectivity index (χ0v) is 14.9. The highest BCUT2D eigenvalue weighted by molar-refractivity contribution is 5.53. The molecular formula is C18H32N2O. The molecule has 0 saturated heterocycles. The number of aromatic amines is 1. The fourth-order valence-electron chi connectivity index (χ4n) is 1.11. The molecule has 0 spiro atoms. The molecule has 0 radical (unpaired) electrons. The van der Waals surface area contributed by atoms with E-state index in [1.165, 1.54) is 12.3 Å². The number of hydrogen-bond donors (Lipinski definition) is 1. The number of H-pyrrole nitrogens is 1. The van der Waals surface area contributed by atoms with Gasteiger partial charge >= 0.3 is 0 Å². The first-order chi connectivity index (χ1) is 10.4. The molecule has 0 amide bonds. The molecule has 2 aromatic rings. The van der Waals surface area contributed by atoms with Gasteiger partial charge in [-0.1, -0.05) is 85.7 Å².